The Bertz CT molecular complexity index is 3550. The van der Waals surface area contributed by atoms with Crippen LogP contribution in [0.4, 0.5) is 34.1 Å². The molecule has 6 nitrogen and oxygen atoms in total. The van der Waals surface area contributed by atoms with E-state index in [1.165, 1.54) is 0 Å². The van der Waals surface area contributed by atoms with Crippen LogP contribution < -0.4 is 9.80 Å². The molecule has 0 fully saturated rings. The van der Waals surface area contributed by atoms with Gasteiger partial charge in [0.25, 0.3) is 0 Å². The van der Waals surface area contributed by atoms with Crippen molar-refractivity contribution in [2.24, 2.45) is 0 Å². The number of hydrogen-bond donors (Lipinski definition) is 0. The highest BCUT2D eigenvalue weighted by molar-refractivity contribution is 6.09. The minimum Gasteiger partial charge on any atom is -0.456 e. The van der Waals surface area contributed by atoms with Crippen LogP contribution in [0.3, 0.4) is 0 Å². The van der Waals surface area contributed by atoms with Gasteiger partial charge < -0.3 is 23.1 Å². The van der Waals surface area contributed by atoms with Gasteiger partial charge in [-0.2, -0.15) is 0 Å². The molecule has 0 aliphatic rings. The first kappa shape index (κ1) is 34.7. The number of hydrogen-bond acceptors (Lipinski definition) is 6. The highest BCUT2D eigenvalue weighted by Crippen LogP contribution is 2.47. The average Bonchev–Trinajstić information content (AvgIpc) is 4.04. The molecule has 0 radical (unpaired) electrons. The van der Waals surface area contributed by atoms with Crippen molar-refractivity contribution in [3.63, 3.8) is 0 Å². The fourth-order valence-corrected chi connectivity index (χ4v) is 8.61. The molecule has 0 N–H and O–H groups in total. The lowest BCUT2D eigenvalue weighted by molar-refractivity contribution is 0.620. The van der Waals surface area contributed by atoms with Crippen molar-refractivity contribution >= 4 is 89.1 Å². The topological polar surface area (TPSA) is 58.8 Å². The number of fused-ring (bicyclic) bond motifs is 7. The SMILES string of the molecule is c1ccc(-c2cccc(N(c3cc(N(c4ccccc4)c4ccc5oc6ccccc6c5c4)c4oc(-c5ccccc5)nc4c3)c3ccc4oc5ccccc5c4c3)c2)cc1. The van der Waals surface area contributed by atoms with E-state index in [9.17, 15) is 0 Å². The van der Waals surface area contributed by atoms with Gasteiger partial charge in [-0.3, -0.25) is 0 Å². The van der Waals surface area contributed by atoms with Gasteiger partial charge in [0, 0.05) is 49.9 Å². The first-order chi connectivity index (χ1) is 30.2. The number of oxazole rings is 1. The summed E-state index contributed by atoms with van der Waals surface area (Å²) in [6.45, 7) is 0. The maximum atomic E-state index is 6.87. The van der Waals surface area contributed by atoms with Gasteiger partial charge in [0.05, 0.1) is 11.4 Å². The number of aromatic nitrogens is 1. The molecule has 288 valence electrons. The van der Waals surface area contributed by atoms with Crippen LogP contribution in [0, 0.1) is 0 Å². The molecule has 0 bridgehead atoms. The van der Waals surface area contributed by atoms with Gasteiger partial charge >= 0.3 is 0 Å². The summed E-state index contributed by atoms with van der Waals surface area (Å²) < 4.78 is 19.5. The van der Waals surface area contributed by atoms with Crippen LogP contribution in [0.1, 0.15) is 0 Å². The molecule has 0 saturated heterocycles. The average molecular weight is 786 g/mol. The van der Waals surface area contributed by atoms with Crippen molar-refractivity contribution < 1.29 is 13.3 Å². The second-order valence-corrected chi connectivity index (χ2v) is 15.2. The zero-order valence-corrected chi connectivity index (χ0v) is 32.8. The maximum absolute atomic E-state index is 6.87. The van der Waals surface area contributed by atoms with E-state index in [1.54, 1.807) is 0 Å². The number of nitrogens with zero attached hydrogens (tertiary/aromatic N) is 3. The van der Waals surface area contributed by atoms with Gasteiger partial charge in [0.2, 0.25) is 5.89 Å². The lowest BCUT2D eigenvalue weighted by Crippen LogP contribution is -2.13. The predicted octanol–water partition coefficient (Wildman–Crippen LogP) is 15.9. The van der Waals surface area contributed by atoms with Gasteiger partial charge in [0.1, 0.15) is 27.8 Å². The highest BCUT2D eigenvalue weighted by atomic mass is 16.4. The third-order valence-corrected chi connectivity index (χ3v) is 11.4. The summed E-state index contributed by atoms with van der Waals surface area (Å²) in [5.74, 6) is 0.544. The summed E-state index contributed by atoms with van der Waals surface area (Å²) in [7, 11) is 0. The molecule has 9 aromatic carbocycles. The van der Waals surface area contributed by atoms with Crippen molar-refractivity contribution in [1.82, 2.24) is 4.98 Å². The van der Waals surface area contributed by atoms with Crippen LogP contribution in [0.2, 0.25) is 0 Å². The summed E-state index contributed by atoms with van der Waals surface area (Å²) in [6.07, 6.45) is 0. The molecular weight excluding hydrogens is 751 g/mol. The second kappa shape index (κ2) is 14.2. The fraction of sp³-hybridized carbons (Fsp3) is 0. The molecule has 0 unspecified atom stereocenters. The van der Waals surface area contributed by atoms with E-state index >= 15 is 0 Å². The Morgan fingerprint density at radius 2 is 0.820 bits per heavy atom. The Hall–Kier alpha value is -8.35. The van der Waals surface area contributed by atoms with Crippen molar-refractivity contribution in [3.05, 3.63) is 212 Å². The van der Waals surface area contributed by atoms with Gasteiger partial charge in [0.15, 0.2) is 5.58 Å². The zero-order chi connectivity index (χ0) is 40.3. The number of furan rings is 2. The molecule has 0 amide bonds. The summed E-state index contributed by atoms with van der Waals surface area (Å²) in [5.41, 5.74) is 13.5. The molecule has 0 saturated carbocycles. The second-order valence-electron chi connectivity index (χ2n) is 15.2. The molecule has 12 aromatic rings. The van der Waals surface area contributed by atoms with Crippen molar-refractivity contribution in [2.45, 2.75) is 0 Å². The largest absolute Gasteiger partial charge is 0.456 e. The van der Waals surface area contributed by atoms with E-state index in [0.29, 0.717) is 11.5 Å². The molecule has 0 aliphatic heterocycles. The highest BCUT2D eigenvalue weighted by Gasteiger charge is 2.25. The molecule has 0 spiro atoms. The van der Waals surface area contributed by atoms with E-state index in [0.717, 1.165) is 100 Å². The van der Waals surface area contributed by atoms with Crippen molar-refractivity contribution in [3.8, 4) is 22.6 Å². The minimum atomic E-state index is 0.544. The molecule has 61 heavy (non-hydrogen) atoms. The van der Waals surface area contributed by atoms with Gasteiger partial charge in [-0.1, -0.05) is 115 Å². The molecule has 0 atom stereocenters. The summed E-state index contributed by atoms with van der Waals surface area (Å²) >= 11 is 0. The molecule has 3 aromatic heterocycles. The van der Waals surface area contributed by atoms with Gasteiger partial charge in [-0.25, -0.2) is 4.98 Å². The number of anilines is 6. The third kappa shape index (κ3) is 6.00. The Morgan fingerprint density at radius 1 is 0.311 bits per heavy atom. The number of para-hydroxylation sites is 3. The lowest BCUT2D eigenvalue weighted by Gasteiger charge is -2.29. The van der Waals surface area contributed by atoms with Crippen LogP contribution in [0.25, 0.3) is 77.6 Å². The monoisotopic (exact) mass is 785 g/mol. The van der Waals surface area contributed by atoms with E-state index in [-0.39, 0.29) is 0 Å². The Labute approximate surface area is 350 Å². The summed E-state index contributed by atoms with van der Waals surface area (Å²) in [4.78, 5) is 9.80. The first-order valence-electron chi connectivity index (χ1n) is 20.4. The third-order valence-electron chi connectivity index (χ3n) is 11.4. The summed E-state index contributed by atoms with van der Waals surface area (Å²) in [5, 5.41) is 4.20. The molecule has 0 aliphatic carbocycles. The maximum Gasteiger partial charge on any atom is 0.227 e. The molecular formula is C55H35N3O3. The Morgan fingerprint density at radius 3 is 1.48 bits per heavy atom. The number of rotatable bonds is 8. The zero-order valence-electron chi connectivity index (χ0n) is 32.8. The first-order valence-corrected chi connectivity index (χ1v) is 20.4. The predicted molar refractivity (Wildman–Crippen MR) is 249 cm³/mol. The smallest absolute Gasteiger partial charge is 0.227 e. The molecule has 6 heteroatoms. The quantitative estimate of drug-likeness (QED) is 0.153. The van der Waals surface area contributed by atoms with Gasteiger partial charge in [-0.15, -0.1) is 0 Å². The van der Waals surface area contributed by atoms with Crippen LogP contribution >= 0.6 is 0 Å². The summed E-state index contributed by atoms with van der Waals surface area (Å²) in [6, 6.07) is 73.3. The Kier molecular flexibility index (Phi) is 8.06. The number of benzene rings is 9. The van der Waals surface area contributed by atoms with Crippen LogP contribution in [-0.2, 0) is 0 Å². The lowest BCUT2D eigenvalue weighted by atomic mass is 10.0. The molecule has 12 rings (SSSR count). The van der Waals surface area contributed by atoms with E-state index in [4.69, 9.17) is 18.2 Å². The van der Waals surface area contributed by atoms with Crippen molar-refractivity contribution in [2.75, 3.05) is 9.80 Å². The molecule has 3 heterocycles. The van der Waals surface area contributed by atoms with E-state index < -0.39 is 0 Å². The normalized spacial score (nSPS) is 11.6. The van der Waals surface area contributed by atoms with Crippen molar-refractivity contribution in [1.29, 1.82) is 0 Å². The minimum absolute atomic E-state index is 0.544. The van der Waals surface area contributed by atoms with Crippen LogP contribution in [0.15, 0.2) is 226 Å². The van der Waals surface area contributed by atoms with Crippen LogP contribution in [-0.4, -0.2) is 4.98 Å². The van der Waals surface area contributed by atoms with E-state index in [1.807, 2.05) is 66.7 Å². The van der Waals surface area contributed by atoms with E-state index in [2.05, 4.69) is 155 Å². The standard InChI is InChI=1S/C55H35N3O3/c1-4-15-36(16-5-1)38-19-14-22-40(31-38)57(41-27-29-52-46(32-41)44-23-10-12-25-50(44)59-52)43-34-48-54(61-55(56-48)37-17-6-2-7-18-37)49(35-43)58(39-20-8-3-9-21-39)42-28-30-53-47(33-42)45-24-11-13-26-51(45)60-53/h1-35H. The van der Waals surface area contributed by atoms with Crippen LogP contribution in [0.5, 0.6) is 0 Å². The van der Waals surface area contributed by atoms with Gasteiger partial charge in [-0.05, 0) is 108 Å². The fourth-order valence-electron chi connectivity index (χ4n) is 8.61. The Balaban J connectivity index is 1.14.